The maximum absolute atomic E-state index is 12.9. The molecule has 0 fully saturated rings. The van der Waals surface area contributed by atoms with Crippen LogP contribution in [0.5, 0.6) is 0 Å². The lowest BCUT2D eigenvalue weighted by Gasteiger charge is -2.39. The molecule has 0 radical (unpaired) electrons. The van der Waals surface area contributed by atoms with Crippen LogP contribution < -0.4 is 0 Å². The standard InChI is InChI=1S/C22H28N2O2/c1-4-14(13-25)8-21(26)15-9-18-17-6-5-7-19-22(17)16(12-23(19)2)10-20(18)24(3)11-15/h5-7,9,12,14-15,20,25H,4,8,10-11,13H2,1-3H3/t14?,15?,20-/m1/s1. The lowest BCUT2D eigenvalue weighted by atomic mass is 9.78. The number of rotatable bonds is 5. The SMILES string of the molecule is CCC(CO)CC(=O)C1C=C2c3cccc4c3c(cn4C)C[C@H]2N(C)C1. The van der Waals surface area contributed by atoms with E-state index in [0.717, 1.165) is 19.4 Å². The van der Waals surface area contributed by atoms with Crippen molar-refractivity contribution in [3.05, 3.63) is 41.6 Å². The van der Waals surface area contributed by atoms with E-state index in [0.29, 0.717) is 12.5 Å². The summed E-state index contributed by atoms with van der Waals surface area (Å²) in [6.07, 6.45) is 6.80. The molecule has 0 saturated carbocycles. The zero-order chi connectivity index (χ0) is 18.4. The molecule has 138 valence electrons. The molecule has 1 aromatic carbocycles. The Hall–Kier alpha value is -1.91. The summed E-state index contributed by atoms with van der Waals surface area (Å²) in [7, 11) is 4.24. The molecule has 1 aliphatic heterocycles. The van der Waals surface area contributed by atoms with Gasteiger partial charge in [-0.25, -0.2) is 0 Å². The van der Waals surface area contributed by atoms with E-state index in [-0.39, 0.29) is 24.2 Å². The number of hydrogen-bond donors (Lipinski definition) is 1. The Balaban J connectivity index is 1.74. The summed E-state index contributed by atoms with van der Waals surface area (Å²) in [6.45, 7) is 2.90. The van der Waals surface area contributed by atoms with Crippen LogP contribution in [-0.2, 0) is 18.3 Å². The number of Topliss-reactive ketones (excluding diaryl/α,β-unsaturated/α-hetero) is 1. The van der Waals surface area contributed by atoms with E-state index >= 15 is 0 Å². The predicted octanol–water partition coefficient (Wildman–Crippen LogP) is 3.03. The number of nitrogens with zero attached hydrogens (tertiary/aromatic N) is 2. The van der Waals surface area contributed by atoms with Crippen LogP contribution in [0.1, 0.15) is 30.9 Å². The van der Waals surface area contributed by atoms with Crippen molar-refractivity contribution < 1.29 is 9.90 Å². The first kappa shape index (κ1) is 17.5. The molecule has 2 heterocycles. The minimum absolute atomic E-state index is 0.0765. The van der Waals surface area contributed by atoms with Gasteiger partial charge in [-0.05, 0) is 42.2 Å². The molecule has 1 N–H and O–H groups in total. The molecule has 26 heavy (non-hydrogen) atoms. The molecule has 0 spiro atoms. The second kappa shape index (κ2) is 6.67. The van der Waals surface area contributed by atoms with Gasteiger partial charge in [0.05, 0.1) is 0 Å². The van der Waals surface area contributed by atoms with E-state index < -0.39 is 0 Å². The number of benzene rings is 1. The fraction of sp³-hybridized carbons (Fsp3) is 0.500. The molecule has 4 rings (SSSR count). The topological polar surface area (TPSA) is 45.5 Å². The van der Waals surface area contributed by atoms with Crippen molar-refractivity contribution in [1.29, 1.82) is 0 Å². The Morgan fingerprint density at radius 3 is 2.88 bits per heavy atom. The summed E-state index contributed by atoms with van der Waals surface area (Å²) in [5.74, 6) is 0.265. The number of aliphatic hydroxyl groups excluding tert-OH is 1. The first-order valence-electron chi connectivity index (χ1n) is 9.66. The average molecular weight is 352 g/mol. The van der Waals surface area contributed by atoms with Crippen LogP contribution in [0.3, 0.4) is 0 Å². The molecule has 4 heteroatoms. The predicted molar refractivity (Wildman–Crippen MR) is 105 cm³/mol. The maximum Gasteiger partial charge on any atom is 0.141 e. The number of ketones is 1. The summed E-state index contributed by atoms with van der Waals surface area (Å²) in [5, 5.41) is 10.8. The normalized spacial score (nSPS) is 23.6. The number of fused-ring (bicyclic) bond motifs is 2. The van der Waals surface area contributed by atoms with Crippen LogP contribution in [-0.4, -0.2) is 46.6 Å². The van der Waals surface area contributed by atoms with Gasteiger partial charge >= 0.3 is 0 Å². The number of aromatic nitrogens is 1. The van der Waals surface area contributed by atoms with Crippen LogP contribution in [0.15, 0.2) is 30.5 Å². The van der Waals surface area contributed by atoms with Gasteiger partial charge in [0.15, 0.2) is 0 Å². The summed E-state index contributed by atoms with van der Waals surface area (Å²) in [6, 6.07) is 6.84. The van der Waals surface area contributed by atoms with Crippen LogP contribution in [0.4, 0.5) is 0 Å². The molecule has 2 aromatic rings. The van der Waals surface area contributed by atoms with E-state index in [1.165, 1.54) is 27.6 Å². The zero-order valence-corrected chi connectivity index (χ0v) is 15.9. The molecule has 2 aliphatic rings. The highest BCUT2D eigenvalue weighted by molar-refractivity contribution is 5.99. The highest BCUT2D eigenvalue weighted by Gasteiger charge is 2.36. The number of likely N-dealkylation sites (N-methyl/N-ethyl adjacent to an activating group) is 1. The third-order valence-electron chi connectivity index (χ3n) is 6.31. The van der Waals surface area contributed by atoms with E-state index in [2.05, 4.69) is 54.0 Å². The van der Waals surface area contributed by atoms with Crippen LogP contribution >= 0.6 is 0 Å². The van der Waals surface area contributed by atoms with Gasteiger partial charge in [-0.15, -0.1) is 0 Å². The lowest BCUT2D eigenvalue weighted by Crippen LogP contribution is -2.44. The van der Waals surface area contributed by atoms with Crippen LogP contribution in [0.25, 0.3) is 16.5 Å². The first-order valence-corrected chi connectivity index (χ1v) is 9.66. The fourth-order valence-electron chi connectivity index (χ4n) is 4.70. The van der Waals surface area contributed by atoms with Crippen molar-refractivity contribution in [2.24, 2.45) is 18.9 Å². The van der Waals surface area contributed by atoms with Gasteiger partial charge in [-0.1, -0.05) is 31.6 Å². The lowest BCUT2D eigenvalue weighted by molar-refractivity contribution is -0.123. The highest BCUT2D eigenvalue weighted by Crippen LogP contribution is 2.41. The summed E-state index contributed by atoms with van der Waals surface area (Å²) in [5.41, 5.74) is 5.26. The number of carbonyl (C=O) groups excluding carboxylic acids is 1. The van der Waals surface area contributed by atoms with Crippen molar-refractivity contribution in [2.45, 2.75) is 32.2 Å². The van der Waals surface area contributed by atoms with E-state index in [1.807, 2.05) is 6.92 Å². The minimum atomic E-state index is -0.0765. The number of hydrogen-bond acceptors (Lipinski definition) is 3. The number of aliphatic hydroxyl groups is 1. The molecular formula is C22H28N2O2. The Morgan fingerprint density at radius 1 is 1.35 bits per heavy atom. The summed E-state index contributed by atoms with van der Waals surface area (Å²) in [4.78, 5) is 15.2. The Morgan fingerprint density at radius 2 is 2.15 bits per heavy atom. The molecule has 1 aliphatic carbocycles. The third-order valence-corrected chi connectivity index (χ3v) is 6.31. The average Bonchev–Trinajstić information content (AvgIpc) is 2.97. The Bertz CT molecular complexity index is 876. The van der Waals surface area contributed by atoms with Gasteiger partial charge in [-0.3, -0.25) is 9.69 Å². The van der Waals surface area contributed by atoms with E-state index in [4.69, 9.17) is 0 Å². The molecule has 4 nitrogen and oxygen atoms in total. The fourth-order valence-corrected chi connectivity index (χ4v) is 4.70. The molecule has 1 aromatic heterocycles. The molecular weight excluding hydrogens is 324 g/mol. The van der Waals surface area contributed by atoms with Crippen LogP contribution in [0.2, 0.25) is 0 Å². The first-order chi connectivity index (χ1) is 12.5. The van der Waals surface area contributed by atoms with Crippen molar-refractivity contribution in [3.8, 4) is 0 Å². The largest absolute Gasteiger partial charge is 0.396 e. The molecule has 0 bridgehead atoms. The highest BCUT2D eigenvalue weighted by atomic mass is 16.3. The van der Waals surface area contributed by atoms with Crippen molar-refractivity contribution in [1.82, 2.24) is 9.47 Å². The smallest absolute Gasteiger partial charge is 0.141 e. The van der Waals surface area contributed by atoms with Gasteiger partial charge in [-0.2, -0.15) is 0 Å². The minimum Gasteiger partial charge on any atom is -0.396 e. The van der Waals surface area contributed by atoms with E-state index in [1.54, 1.807) is 0 Å². The van der Waals surface area contributed by atoms with Gasteiger partial charge in [0.2, 0.25) is 0 Å². The summed E-state index contributed by atoms with van der Waals surface area (Å²) >= 11 is 0. The van der Waals surface area contributed by atoms with Gasteiger partial charge in [0.1, 0.15) is 5.78 Å². The van der Waals surface area contributed by atoms with Crippen molar-refractivity contribution >= 4 is 22.3 Å². The number of aryl methyl sites for hydroxylation is 1. The number of carbonyl (C=O) groups is 1. The maximum atomic E-state index is 12.9. The quantitative estimate of drug-likeness (QED) is 0.900. The van der Waals surface area contributed by atoms with Crippen LogP contribution in [0, 0.1) is 11.8 Å². The zero-order valence-electron chi connectivity index (χ0n) is 15.9. The van der Waals surface area contributed by atoms with Gasteiger partial charge in [0, 0.05) is 55.7 Å². The van der Waals surface area contributed by atoms with Crippen molar-refractivity contribution in [3.63, 3.8) is 0 Å². The molecule has 2 unspecified atom stereocenters. The molecule has 0 amide bonds. The Labute approximate surface area is 155 Å². The summed E-state index contributed by atoms with van der Waals surface area (Å²) < 4.78 is 2.21. The van der Waals surface area contributed by atoms with Gasteiger partial charge < -0.3 is 9.67 Å². The van der Waals surface area contributed by atoms with Gasteiger partial charge in [0.25, 0.3) is 0 Å². The molecule has 3 atom stereocenters. The monoisotopic (exact) mass is 352 g/mol. The second-order valence-electron chi connectivity index (χ2n) is 7.98. The van der Waals surface area contributed by atoms with E-state index in [9.17, 15) is 9.90 Å². The second-order valence-corrected chi connectivity index (χ2v) is 7.98. The van der Waals surface area contributed by atoms with Crippen molar-refractivity contribution in [2.75, 3.05) is 20.2 Å². The Kier molecular flexibility index (Phi) is 4.49. The molecule has 0 saturated heterocycles. The third kappa shape index (κ3) is 2.72.